The van der Waals surface area contributed by atoms with E-state index in [9.17, 15) is 14.4 Å². The molecule has 3 N–H and O–H groups in total. The van der Waals surface area contributed by atoms with Gasteiger partial charge in [-0.1, -0.05) is 0 Å². The minimum Gasteiger partial charge on any atom is -0.481 e. The molecule has 1 heterocycles. The van der Waals surface area contributed by atoms with Gasteiger partial charge in [0.05, 0.1) is 12.5 Å². The van der Waals surface area contributed by atoms with Crippen LogP contribution in [0, 0.1) is 5.92 Å². The highest BCUT2D eigenvalue weighted by atomic mass is 16.5. The van der Waals surface area contributed by atoms with Crippen LogP contribution in [0.2, 0.25) is 0 Å². The molecule has 0 radical (unpaired) electrons. The highest BCUT2D eigenvalue weighted by Gasteiger charge is 2.33. The van der Waals surface area contributed by atoms with E-state index in [2.05, 4.69) is 4.74 Å². The third-order valence-electron chi connectivity index (χ3n) is 2.89. The van der Waals surface area contributed by atoms with Crippen LogP contribution in [-0.4, -0.2) is 53.6 Å². The number of carboxylic acid groups (broad SMARTS) is 1. The van der Waals surface area contributed by atoms with Crippen molar-refractivity contribution in [1.29, 1.82) is 0 Å². The molecule has 0 bridgehead atoms. The minimum absolute atomic E-state index is 0.0985. The molecule has 1 aliphatic rings. The fraction of sp³-hybridized carbons (Fsp3) is 0.727. The van der Waals surface area contributed by atoms with Crippen LogP contribution in [0.3, 0.4) is 0 Å². The van der Waals surface area contributed by atoms with Crippen LogP contribution < -0.4 is 5.73 Å². The van der Waals surface area contributed by atoms with E-state index < -0.39 is 29.8 Å². The zero-order valence-electron chi connectivity index (χ0n) is 10.3. The van der Waals surface area contributed by atoms with E-state index in [1.54, 1.807) is 6.92 Å². The fourth-order valence-corrected chi connectivity index (χ4v) is 1.91. The molecule has 1 saturated heterocycles. The molecule has 1 unspecified atom stereocenters. The number of hydrogen-bond acceptors (Lipinski definition) is 5. The molecule has 1 amide bonds. The van der Waals surface area contributed by atoms with Crippen molar-refractivity contribution < 1.29 is 24.2 Å². The largest absolute Gasteiger partial charge is 0.481 e. The van der Waals surface area contributed by atoms with Crippen molar-refractivity contribution in [3.8, 4) is 0 Å². The number of aliphatic carboxylic acids is 1. The smallest absolute Gasteiger partial charge is 0.332 e. The first kappa shape index (κ1) is 14.4. The van der Waals surface area contributed by atoms with E-state index in [0.29, 0.717) is 19.4 Å². The van der Waals surface area contributed by atoms with Gasteiger partial charge in [-0.25, -0.2) is 4.79 Å². The van der Waals surface area contributed by atoms with Crippen molar-refractivity contribution >= 4 is 17.8 Å². The van der Waals surface area contributed by atoms with Crippen LogP contribution in [0.1, 0.15) is 19.8 Å². The summed E-state index contributed by atoms with van der Waals surface area (Å²) in [5, 5.41) is 8.91. The molecule has 1 fully saturated rings. The van der Waals surface area contributed by atoms with Gasteiger partial charge in [-0.05, 0) is 19.8 Å². The number of carbonyl (C=O) groups excluding carboxylic acids is 2. The third kappa shape index (κ3) is 3.43. The summed E-state index contributed by atoms with van der Waals surface area (Å²) in [6, 6.07) is -1.36. The standard InChI is InChI=1S/C11H18N2O5/c1-2-18-11(17)8(12)9(14)13-5-3-4-7(6-13)10(15)16/h7-8H,2-6,12H2,1H3,(H,15,16)/t7-,8?/m0/s1. The Morgan fingerprint density at radius 3 is 2.72 bits per heavy atom. The van der Waals surface area contributed by atoms with Crippen molar-refractivity contribution in [2.45, 2.75) is 25.8 Å². The highest BCUT2D eigenvalue weighted by molar-refractivity contribution is 6.01. The van der Waals surface area contributed by atoms with Crippen LogP contribution in [0.15, 0.2) is 0 Å². The third-order valence-corrected chi connectivity index (χ3v) is 2.89. The number of carboxylic acids is 1. The van der Waals surface area contributed by atoms with Crippen LogP contribution in [-0.2, 0) is 19.1 Å². The lowest BCUT2D eigenvalue weighted by atomic mass is 9.98. The number of piperidine rings is 1. The second-order valence-electron chi connectivity index (χ2n) is 4.19. The number of nitrogens with zero attached hydrogens (tertiary/aromatic N) is 1. The van der Waals surface area contributed by atoms with Gasteiger partial charge in [-0.2, -0.15) is 0 Å². The predicted octanol–water partition coefficient (Wildman–Crippen LogP) is -0.800. The second-order valence-corrected chi connectivity index (χ2v) is 4.19. The minimum atomic E-state index is -1.36. The Kier molecular flexibility index (Phi) is 5.08. The lowest BCUT2D eigenvalue weighted by molar-refractivity contribution is -0.152. The van der Waals surface area contributed by atoms with Crippen molar-refractivity contribution in [1.82, 2.24) is 4.90 Å². The maximum absolute atomic E-state index is 11.9. The number of esters is 1. The molecule has 0 saturated carbocycles. The molecule has 102 valence electrons. The van der Waals surface area contributed by atoms with Gasteiger partial charge in [0, 0.05) is 13.1 Å². The monoisotopic (exact) mass is 258 g/mol. The maximum atomic E-state index is 11.9. The summed E-state index contributed by atoms with van der Waals surface area (Å²) in [6.07, 6.45) is 1.13. The molecule has 0 spiro atoms. The molecule has 0 aromatic rings. The van der Waals surface area contributed by atoms with E-state index >= 15 is 0 Å². The van der Waals surface area contributed by atoms with E-state index in [4.69, 9.17) is 10.8 Å². The molecule has 7 heteroatoms. The lowest BCUT2D eigenvalue weighted by Crippen LogP contribution is -2.52. The first-order valence-corrected chi connectivity index (χ1v) is 5.91. The van der Waals surface area contributed by atoms with E-state index in [1.807, 2.05) is 0 Å². The number of rotatable bonds is 4. The number of likely N-dealkylation sites (tertiary alicyclic amines) is 1. The summed E-state index contributed by atoms with van der Waals surface area (Å²) in [4.78, 5) is 35.4. The van der Waals surface area contributed by atoms with E-state index in [-0.39, 0.29) is 13.2 Å². The van der Waals surface area contributed by atoms with E-state index in [1.165, 1.54) is 4.90 Å². The molecular weight excluding hydrogens is 240 g/mol. The number of nitrogens with two attached hydrogens (primary N) is 1. The molecule has 0 aliphatic carbocycles. The Hall–Kier alpha value is -1.63. The van der Waals surface area contributed by atoms with Crippen LogP contribution in [0.4, 0.5) is 0 Å². The SMILES string of the molecule is CCOC(=O)C(N)C(=O)N1CCC[C@H](C(=O)O)C1. The number of amides is 1. The Morgan fingerprint density at radius 2 is 2.17 bits per heavy atom. The normalized spacial score (nSPS) is 21.2. The Balaban J connectivity index is 2.60. The van der Waals surface area contributed by atoms with Crippen molar-refractivity contribution in [3.63, 3.8) is 0 Å². The summed E-state index contributed by atoms with van der Waals surface area (Å²) in [5.74, 6) is -2.87. The van der Waals surface area contributed by atoms with Crippen LogP contribution in [0.5, 0.6) is 0 Å². The van der Waals surface area contributed by atoms with E-state index in [0.717, 1.165) is 0 Å². The molecule has 1 aliphatic heterocycles. The van der Waals surface area contributed by atoms with Crippen molar-refractivity contribution in [3.05, 3.63) is 0 Å². The van der Waals surface area contributed by atoms with Gasteiger partial charge in [-0.3, -0.25) is 9.59 Å². The van der Waals surface area contributed by atoms with Crippen molar-refractivity contribution in [2.75, 3.05) is 19.7 Å². The molecule has 7 nitrogen and oxygen atoms in total. The number of carbonyl (C=O) groups is 3. The summed E-state index contributed by atoms with van der Waals surface area (Å²) in [7, 11) is 0. The van der Waals surface area contributed by atoms with Crippen LogP contribution >= 0.6 is 0 Å². The number of ether oxygens (including phenoxy) is 1. The molecule has 0 aromatic carbocycles. The Bertz CT molecular complexity index is 344. The Morgan fingerprint density at radius 1 is 1.50 bits per heavy atom. The van der Waals surface area contributed by atoms with Gasteiger partial charge in [0.1, 0.15) is 0 Å². The quantitative estimate of drug-likeness (QED) is 0.504. The highest BCUT2D eigenvalue weighted by Crippen LogP contribution is 2.17. The van der Waals surface area contributed by atoms with Crippen molar-refractivity contribution in [2.24, 2.45) is 11.7 Å². The second kappa shape index (κ2) is 6.34. The molecule has 1 rings (SSSR count). The maximum Gasteiger partial charge on any atom is 0.332 e. The molecule has 0 aromatic heterocycles. The van der Waals surface area contributed by atoms with Crippen LogP contribution in [0.25, 0.3) is 0 Å². The predicted molar refractivity (Wildman–Crippen MR) is 61.5 cm³/mol. The summed E-state index contributed by atoms with van der Waals surface area (Å²) < 4.78 is 4.66. The Labute approximate surface area is 105 Å². The molecule has 2 atom stereocenters. The topological polar surface area (TPSA) is 110 Å². The van der Waals surface area contributed by atoms with Gasteiger partial charge in [0.2, 0.25) is 0 Å². The summed E-state index contributed by atoms with van der Waals surface area (Å²) >= 11 is 0. The average molecular weight is 258 g/mol. The summed E-state index contributed by atoms with van der Waals surface area (Å²) in [5.41, 5.74) is 5.49. The van der Waals surface area contributed by atoms with Gasteiger partial charge in [0.25, 0.3) is 5.91 Å². The lowest BCUT2D eigenvalue weighted by Gasteiger charge is -2.31. The molecular formula is C11H18N2O5. The zero-order valence-corrected chi connectivity index (χ0v) is 10.3. The average Bonchev–Trinajstić information content (AvgIpc) is 2.37. The summed E-state index contributed by atoms with van der Waals surface area (Å²) in [6.45, 7) is 2.30. The van der Waals surface area contributed by atoms with Gasteiger partial charge in [-0.15, -0.1) is 0 Å². The first-order valence-electron chi connectivity index (χ1n) is 5.91. The van der Waals surface area contributed by atoms with Gasteiger partial charge in [0.15, 0.2) is 6.04 Å². The fourth-order valence-electron chi connectivity index (χ4n) is 1.91. The number of hydrogen-bond donors (Lipinski definition) is 2. The first-order chi connectivity index (χ1) is 8.47. The van der Waals surface area contributed by atoms with Gasteiger partial charge >= 0.3 is 11.9 Å². The van der Waals surface area contributed by atoms with Gasteiger partial charge < -0.3 is 20.5 Å². The zero-order chi connectivity index (χ0) is 13.7. The molecule has 18 heavy (non-hydrogen) atoms.